The summed E-state index contributed by atoms with van der Waals surface area (Å²) < 4.78 is 0. The van der Waals surface area contributed by atoms with Crippen LogP contribution in [0.1, 0.15) is 31.8 Å². The number of carbonyl (C=O) groups is 3. The third kappa shape index (κ3) is 6.02. The van der Waals surface area contributed by atoms with Crippen LogP contribution >= 0.6 is 0 Å². The van der Waals surface area contributed by atoms with E-state index in [0.29, 0.717) is 23.4 Å². The molecule has 0 aliphatic carbocycles. The van der Waals surface area contributed by atoms with Crippen molar-refractivity contribution in [3.8, 4) is 0 Å². The summed E-state index contributed by atoms with van der Waals surface area (Å²) in [7, 11) is 3.29. The predicted octanol–water partition coefficient (Wildman–Crippen LogP) is 3.50. The Balaban J connectivity index is 1.59. The summed E-state index contributed by atoms with van der Waals surface area (Å²) in [5.41, 5.74) is 3.13. The first-order valence-corrected chi connectivity index (χ1v) is 9.95. The van der Waals surface area contributed by atoms with E-state index in [2.05, 4.69) is 10.6 Å². The van der Waals surface area contributed by atoms with Gasteiger partial charge < -0.3 is 15.5 Å². The Kier molecular flexibility index (Phi) is 7.17. The first-order chi connectivity index (χ1) is 14.9. The molecule has 0 aliphatic rings. The third-order valence-corrected chi connectivity index (χ3v) is 4.72. The zero-order valence-electron chi connectivity index (χ0n) is 17.6. The number of amides is 3. The Hall–Kier alpha value is -3.93. The van der Waals surface area contributed by atoms with Gasteiger partial charge in [0.1, 0.15) is 0 Å². The Bertz CT molecular complexity index is 1060. The van der Waals surface area contributed by atoms with Crippen LogP contribution < -0.4 is 10.6 Å². The number of rotatable bonds is 7. The maximum Gasteiger partial charge on any atom is 0.256 e. The largest absolute Gasteiger partial charge is 0.352 e. The van der Waals surface area contributed by atoms with Crippen molar-refractivity contribution < 1.29 is 14.4 Å². The molecule has 0 aliphatic heterocycles. The lowest BCUT2D eigenvalue weighted by atomic mass is 10.1. The van der Waals surface area contributed by atoms with E-state index in [1.807, 2.05) is 30.3 Å². The smallest absolute Gasteiger partial charge is 0.256 e. The molecule has 0 aromatic heterocycles. The minimum atomic E-state index is -0.362. The van der Waals surface area contributed by atoms with Crippen molar-refractivity contribution in [2.45, 2.75) is 13.0 Å². The van der Waals surface area contributed by atoms with Crippen molar-refractivity contribution in [1.29, 1.82) is 0 Å². The van der Waals surface area contributed by atoms with Gasteiger partial charge in [0, 0.05) is 26.3 Å². The van der Waals surface area contributed by atoms with Crippen molar-refractivity contribution in [1.82, 2.24) is 10.2 Å². The first-order valence-electron chi connectivity index (χ1n) is 9.95. The second-order valence-corrected chi connectivity index (χ2v) is 7.34. The molecule has 0 saturated heterocycles. The van der Waals surface area contributed by atoms with Gasteiger partial charge >= 0.3 is 0 Å². The van der Waals surface area contributed by atoms with Crippen molar-refractivity contribution in [3.63, 3.8) is 0 Å². The number of hydrogen-bond donors (Lipinski definition) is 2. The van der Waals surface area contributed by atoms with E-state index in [1.54, 1.807) is 62.6 Å². The van der Waals surface area contributed by atoms with Crippen molar-refractivity contribution in [2.75, 3.05) is 19.4 Å². The maximum absolute atomic E-state index is 12.7. The molecule has 0 bridgehead atoms. The minimum absolute atomic E-state index is 0.0724. The monoisotopic (exact) mass is 415 g/mol. The Morgan fingerprint density at radius 1 is 0.742 bits per heavy atom. The van der Waals surface area contributed by atoms with Crippen LogP contribution in [0.5, 0.6) is 0 Å². The summed E-state index contributed by atoms with van der Waals surface area (Å²) in [5.74, 6) is -0.668. The Morgan fingerprint density at radius 3 is 2.00 bits per heavy atom. The lowest BCUT2D eigenvalue weighted by Crippen LogP contribution is -2.25. The van der Waals surface area contributed by atoms with Crippen LogP contribution in [0.3, 0.4) is 0 Å². The summed E-state index contributed by atoms with van der Waals surface area (Å²) in [6.45, 7) is 0.485. The SMILES string of the molecule is CN(C)C(=O)c1ccccc1C(=O)Nc1ccc(CC(=O)NCc2ccccc2)cc1. The van der Waals surface area contributed by atoms with Crippen molar-refractivity contribution in [3.05, 3.63) is 101 Å². The fraction of sp³-hybridized carbons (Fsp3) is 0.160. The molecule has 0 atom stereocenters. The van der Waals surface area contributed by atoms with Gasteiger partial charge in [0.15, 0.2) is 0 Å². The van der Waals surface area contributed by atoms with E-state index in [1.165, 1.54) is 4.90 Å². The van der Waals surface area contributed by atoms with Gasteiger partial charge in [-0.1, -0.05) is 54.6 Å². The van der Waals surface area contributed by atoms with Crippen LogP contribution in [-0.4, -0.2) is 36.7 Å². The van der Waals surface area contributed by atoms with Gasteiger partial charge in [0.05, 0.1) is 17.5 Å². The fourth-order valence-electron chi connectivity index (χ4n) is 3.06. The van der Waals surface area contributed by atoms with Crippen LogP contribution in [-0.2, 0) is 17.8 Å². The summed E-state index contributed by atoms with van der Waals surface area (Å²) >= 11 is 0. The first kappa shape index (κ1) is 21.8. The minimum Gasteiger partial charge on any atom is -0.352 e. The number of anilines is 1. The molecule has 3 rings (SSSR count). The van der Waals surface area contributed by atoms with E-state index in [-0.39, 0.29) is 24.1 Å². The van der Waals surface area contributed by atoms with Gasteiger partial charge in [0.25, 0.3) is 11.8 Å². The maximum atomic E-state index is 12.7. The average molecular weight is 415 g/mol. The zero-order valence-corrected chi connectivity index (χ0v) is 17.6. The molecule has 3 amide bonds. The van der Waals surface area contributed by atoms with Crippen LogP contribution in [0.2, 0.25) is 0 Å². The van der Waals surface area contributed by atoms with Crippen LogP contribution in [0.4, 0.5) is 5.69 Å². The molecule has 0 unspecified atom stereocenters. The van der Waals surface area contributed by atoms with Gasteiger partial charge in [-0.3, -0.25) is 14.4 Å². The number of nitrogens with one attached hydrogen (secondary N) is 2. The van der Waals surface area contributed by atoms with Crippen molar-refractivity contribution in [2.24, 2.45) is 0 Å². The molecule has 158 valence electrons. The molecule has 0 fully saturated rings. The van der Waals surface area contributed by atoms with E-state index in [0.717, 1.165) is 11.1 Å². The molecule has 2 N–H and O–H groups in total. The summed E-state index contributed by atoms with van der Waals surface area (Å²) in [4.78, 5) is 38.6. The zero-order chi connectivity index (χ0) is 22.2. The normalized spacial score (nSPS) is 10.3. The second kappa shape index (κ2) is 10.2. The number of benzene rings is 3. The quantitative estimate of drug-likeness (QED) is 0.620. The molecule has 3 aromatic carbocycles. The lowest BCUT2D eigenvalue weighted by Gasteiger charge is -2.14. The molecule has 0 radical (unpaired) electrons. The molecular formula is C25H25N3O3. The van der Waals surface area contributed by atoms with Gasteiger partial charge in [-0.05, 0) is 35.4 Å². The molecule has 0 heterocycles. The highest BCUT2D eigenvalue weighted by molar-refractivity contribution is 6.12. The van der Waals surface area contributed by atoms with E-state index < -0.39 is 0 Å². The van der Waals surface area contributed by atoms with Gasteiger partial charge in [-0.25, -0.2) is 0 Å². The van der Waals surface area contributed by atoms with Crippen LogP contribution in [0, 0.1) is 0 Å². The van der Waals surface area contributed by atoms with Gasteiger partial charge in [-0.2, -0.15) is 0 Å². The summed E-state index contributed by atoms with van der Waals surface area (Å²) in [6, 6.07) is 23.5. The topological polar surface area (TPSA) is 78.5 Å². The van der Waals surface area contributed by atoms with Gasteiger partial charge in [-0.15, -0.1) is 0 Å². The molecule has 31 heavy (non-hydrogen) atoms. The number of nitrogens with zero attached hydrogens (tertiary/aromatic N) is 1. The molecule has 6 heteroatoms. The predicted molar refractivity (Wildman–Crippen MR) is 121 cm³/mol. The molecule has 0 spiro atoms. The highest BCUT2D eigenvalue weighted by Gasteiger charge is 2.18. The fourth-order valence-corrected chi connectivity index (χ4v) is 3.06. The molecule has 3 aromatic rings. The standard InChI is InChI=1S/C25H25N3O3/c1-28(2)25(31)22-11-7-6-10-21(22)24(30)27-20-14-12-18(13-15-20)16-23(29)26-17-19-8-4-3-5-9-19/h3-15H,16-17H2,1-2H3,(H,26,29)(H,27,30). The number of hydrogen-bond acceptors (Lipinski definition) is 3. The Morgan fingerprint density at radius 2 is 1.35 bits per heavy atom. The second-order valence-electron chi connectivity index (χ2n) is 7.34. The summed E-state index contributed by atoms with van der Waals surface area (Å²) in [6.07, 6.45) is 0.251. The van der Waals surface area contributed by atoms with Crippen molar-refractivity contribution >= 4 is 23.4 Å². The van der Waals surface area contributed by atoms with Gasteiger partial charge in [0.2, 0.25) is 5.91 Å². The summed E-state index contributed by atoms with van der Waals surface area (Å²) in [5, 5.41) is 5.71. The van der Waals surface area contributed by atoms with E-state index >= 15 is 0 Å². The van der Waals surface area contributed by atoms with E-state index in [9.17, 15) is 14.4 Å². The lowest BCUT2D eigenvalue weighted by molar-refractivity contribution is -0.120. The van der Waals surface area contributed by atoms with E-state index in [4.69, 9.17) is 0 Å². The Labute approximate surface area is 181 Å². The van der Waals surface area contributed by atoms with Crippen LogP contribution in [0.15, 0.2) is 78.9 Å². The molecule has 0 saturated carbocycles. The third-order valence-electron chi connectivity index (χ3n) is 4.72. The average Bonchev–Trinajstić information content (AvgIpc) is 2.79. The number of carbonyl (C=O) groups excluding carboxylic acids is 3. The molecular weight excluding hydrogens is 390 g/mol. The van der Waals surface area contributed by atoms with Crippen LogP contribution in [0.25, 0.3) is 0 Å². The molecule has 6 nitrogen and oxygen atoms in total. The highest BCUT2D eigenvalue weighted by Crippen LogP contribution is 2.15. The highest BCUT2D eigenvalue weighted by atomic mass is 16.2.